The molecule has 0 fully saturated rings. The van der Waals surface area contributed by atoms with Crippen molar-refractivity contribution in [2.24, 2.45) is 5.10 Å². The summed E-state index contributed by atoms with van der Waals surface area (Å²) in [6.45, 7) is 0. The molecule has 0 spiro atoms. The first-order chi connectivity index (χ1) is 19.0. The fraction of sp³-hybridized carbons (Fsp3) is 0.0333. The summed E-state index contributed by atoms with van der Waals surface area (Å²) in [5, 5.41) is 6.12. The van der Waals surface area contributed by atoms with E-state index in [-0.39, 0.29) is 17.3 Å². The van der Waals surface area contributed by atoms with Crippen LogP contribution in [0.1, 0.15) is 5.56 Å². The Kier molecular flexibility index (Phi) is 6.30. The maximum Gasteiger partial charge on any atom is 0.282 e. The van der Waals surface area contributed by atoms with E-state index in [1.807, 2.05) is 6.07 Å². The van der Waals surface area contributed by atoms with E-state index in [2.05, 4.69) is 10.1 Å². The van der Waals surface area contributed by atoms with Crippen molar-refractivity contribution in [3.05, 3.63) is 118 Å². The largest absolute Gasteiger partial charge is 0.496 e. The van der Waals surface area contributed by atoms with Gasteiger partial charge in [0.2, 0.25) is 5.82 Å². The van der Waals surface area contributed by atoms with Gasteiger partial charge in [0.1, 0.15) is 17.1 Å². The summed E-state index contributed by atoms with van der Waals surface area (Å²) in [6.07, 6.45) is 1.39. The highest BCUT2D eigenvalue weighted by molar-refractivity contribution is 6.31. The van der Waals surface area contributed by atoms with Crippen LogP contribution in [0.4, 0.5) is 4.39 Å². The van der Waals surface area contributed by atoms with Crippen molar-refractivity contribution in [2.75, 3.05) is 7.11 Å². The lowest BCUT2D eigenvalue weighted by atomic mass is 10.2. The molecule has 2 aromatic heterocycles. The Labute approximate surface area is 226 Å². The minimum Gasteiger partial charge on any atom is -0.496 e. The standard InChI is InChI=1S/C30H19ClFN3O4/c1-37-26-16-23(32)27(38-21-7-3-2-4-8-21)15-19(26)17-33-35-29(34-24-10-6-5-9-22(24)30(35)36)28-14-18-13-20(31)11-12-25(18)39-28/h2-17H,1H3. The van der Waals surface area contributed by atoms with Gasteiger partial charge in [-0.1, -0.05) is 41.9 Å². The number of methoxy groups -OCH3 is 1. The Morgan fingerprint density at radius 3 is 2.59 bits per heavy atom. The molecule has 7 nitrogen and oxygen atoms in total. The third kappa shape index (κ3) is 4.73. The van der Waals surface area contributed by atoms with Crippen molar-refractivity contribution < 1.29 is 18.3 Å². The summed E-state index contributed by atoms with van der Waals surface area (Å²) in [7, 11) is 1.42. The molecule has 0 aliphatic heterocycles. The van der Waals surface area contributed by atoms with Gasteiger partial charge in [0.15, 0.2) is 17.3 Å². The molecular formula is C30H19ClFN3O4. The number of rotatable bonds is 6. The molecule has 0 atom stereocenters. The normalized spacial score (nSPS) is 11.5. The SMILES string of the molecule is COc1cc(F)c(Oc2ccccc2)cc1C=Nn1c(-c2cc3cc(Cl)ccc3o2)nc2ccccc2c1=O. The van der Waals surface area contributed by atoms with E-state index < -0.39 is 11.4 Å². The topological polar surface area (TPSA) is 78.8 Å². The van der Waals surface area contributed by atoms with Crippen LogP contribution in [-0.2, 0) is 0 Å². The Balaban J connectivity index is 1.50. The lowest BCUT2D eigenvalue weighted by Gasteiger charge is -2.11. The van der Waals surface area contributed by atoms with E-state index in [4.69, 9.17) is 25.5 Å². The first-order valence-corrected chi connectivity index (χ1v) is 12.2. The number of ether oxygens (including phenoxy) is 2. The van der Waals surface area contributed by atoms with E-state index in [1.165, 1.54) is 25.5 Å². The van der Waals surface area contributed by atoms with Gasteiger partial charge >= 0.3 is 0 Å². The average Bonchev–Trinajstić information content (AvgIpc) is 3.37. The van der Waals surface area contributed by atoms with Crippen LogP contribution in [0, 0.1) is 5.82 Å². The first kappa shape index (κ1) is 24.4. The number of para-hydroxylation sites is 2. The predicted octanol–water partition coefficient (Wildman–Crippen LogP) is 7.29. The number of furan rings is 1. The van der Waals surface area contributed by atoms with Crippen LogP contribution in [0.25, 0.3) is 33.5 Å². The summed E-state index contributed by atoms with van der Waals surface area (Å²) in [4.78, 5) is 18.2. The summed E-state index contributed by atoms with van der Waals surface area (Å²) in [6, 6.07) is 25.4. The van der Waals surface area contributed by atoms with Gasteiger partial charge in [-0.15, -0.1) is 0 Å². The maximum atomic E-state index is 14.8. The van der Waals surface area contributed by atoms with Gasteiger partial charge in [0.05, 0.1) is 24.2 Å². The molecule has 0 aliphatic rings. The molecule has 39 heavy (non-hydrogen) atoms. The monoisotopic (exact) mass is 539 g/mol. The van der Waals surface area contributed by atoms with Gasteiger partial charge in [-0.3, -0.25) is 4.79 Å². The Morgan fingerprint density at radius 1 is 0.974 bits per heavy atom. The van der Waals surface area contributed by atoms with Gasteiger partial charge in [-0.2, -0.15) is 9.78 Å². The molecule has 0 bridgehead atoms. The van der Waals surface area contributed by atoms with E-state index in [9.17, 15) is 9.18 Å². The number of nitrogens with zero attached hydrogens (tertiary/aromatic N) is 3. The molecule has 0 saturated carbocycles. The Hall–Kier alpha value is -4.95. The highest BCUT2D eigenvalue weighted by Crippen LogP contribution is 2.31. The zero-order valence-corrected chi connectivity index (χ0v) is 21.2. The minimum atomic E-state index is -0.612. The van der Waals surface area contributed by atoms with Crippen LogP contribution >= 0.6 is 11.6 Å². The Bertz CT molecular complexity index is 1930. The van der Waals surface area contributed by atoms with Crippen LogP contribution < -0.4 is 15.0 Å². The molecule has 6 rings (SSSR count). The molecular weight excluding hydrogens is 521 g/mol. The molecule has 4 aromatic carbocycles. The van der Waals surface area contributed by atoms with Crippen molar-refractivity contribution in [1.29, 1.82) is 0 Å². The molecule has 6 aromatic rings. The van der Waals surface area contributed by atoms with Crippen LogP contribution in [0.5, 0.6) is 17.2 Å². The second kappa shape index (κ2) is 10.1. The van der Waals surface area contributed by atoms with Crippen molar-refractivity contribution in [1.82, 2.24) is 9.66 Å². The molecule has 2 heterocycles. The van der Waals surface area contributed by atoms with Gasteiger partial charge in [-0.25, -0.2) is 9.37 Å². The number of benzene rings is 4. The number of hydrogen-bond donors (Lipinski definition) is 0. The number of aromatic nitrogens is 2. The van der Waals surface area contributed by atoms with Crippen molar-refractivity contribution in [2.45, 2.75) is 0 Å². The van der Waals surface area contributed by atoms with Crippen LogP contribution in [0.15, 0.2) is 105 Å². The van der Waals surface area contributed by atoms with Crippen molar-refractivity contribution >= 4 is 39.7 Å². The molecule has 0 unspecified atom stereocenters. The fourth-order valence-corrected chi connectivity index (χ4v) is 4.34. The lowest BCUT2D eigenvalue weighted by molar-refractivity contribution is 0.401. The lowest BCUT2D eigenvalue weighted by Crippen LogP contribution is -2.20. The summed E-state index contributed by atoms with van der Waals surface area (Å²) < 4.78 is 33.0. The molecule has 0 amide bonds. The zero-order valence-electron chi connectivity index (χ0n) is 20.5. The van der Waals surface area contributed by atoms with E-state index in [1.54, 1.807) is 72.8 Å². The number of fused-ring (bicyclic) bond motifs is 2. The van der Waals surface area contributed by atoms with E-state index in [0.29, 0.717) is 38.6 Å². The van der Waals surface area contributed by atoms with Gasteiger partial charge in [0, 0.05) is 22.0 Å². The second-order valence-corrected chi connectivity index (χ2v) is 8.98. The zero-order chi connectivity index (χ0) is 26.9. The predicted molar refractivity (Wildman–Crippen MR) is 149 cm³/mol. The summed E-state index contributed by atoms with van der Waals surface area (Å²) >= 11 is 6.14. The van der Waals surface area contributed by atoms with Gasteiger partial charge in [0.25, 0.3) is 5.56 Å². The molecule has 9 heteroatoms. The molecule has 0 aliphatic carbocycles. The van der Waals surface area contributed by atoms with Crippen LogP contribution in [0.2, 0.25) is 5.02 Å². The fourth-order valence-electron chi connectivity index (χ4n) is 4.16. The highest BCUT2D eigenvalue weighted by Gasteiger charge is 2.17. The van der Waals surface area contributed by atoms with E-state index >= 15 is 0 Å². The van der Waals surface area contributed by atoms with Crippen LogP contribution in [-0.4, -0.2) is 23.0 Å². The average molecular weight is 540 g/mol. The third-order valence-corrected chi connectivity index (χ3v) is 6.26. The van der Waals surface area contributed by atoms with Crippen molar-refractivity contribution in [3.8, 4) is 28.8 Å². The molecule has 0 radical (unpaired) electrons. The van der Waals surface area contributed by atoms with Gasteiger partial charge in [-0.05, 0) is 54.6 Å². The smallest absolute Gasteiger partial charge is 0.282 e. The first-order valence-electron chi connectivity index (χ1n) is 11.9. The summed E-state index contributed by atoms with van der Waals surface area (Å²) in [5.41, 5.74) is 1.04. The Morgan fingerprint density at radius 2 is 1.77 bits per heavy atom. The second-order valence-electron chi connectivity index (χ2n) is 8.55. The number of hydrogen-bond acceptors (Lipinski definition) is 6. The van der Waals surface area contributed by atoms with Crippen LogP contribution in [0.3, 0.4) is 0 Å². The third-order valence-electron chi connectivity index (χ3n) is 6.02. The highest BCUT2D eigenvalue weighted by atomic mass is 35.5. The van der Waals surface area contributed by atoms with E-state index in [0.717, 1.165) is 10.1 Å². The molecule has 0 saturated heterocycles. The molecule has 0 N–H and O–H groups in total. The maximum absolute atomic E-state index is 14.8. The minimum absolute atomic E-state index is 0.0261. The van der Waals surface area contributed by atoms with Crippen molar-refractivity contribution in [3.63, 3.8) is 0 Å². The molecule has 192 valence electrons. The quantitative estimate of drug-likeness (QED) is 0.208. The number of halogens is 2. The summed E-state index contributed by atoms with van der Waals surface area (Å²) in [5.74, 6) is 0.543. The van der Waals surface area contributed by atoms with Gasteiger partial charge < -0.3 is 13.9 Å².